The molecule has 40 heavy (non-hydrogen) atoms. The first-order chi connectivity index (χ1) is 19.0. The third kappa shape index (κ3) is 23.0. The Morgan fingerprint density at radius 2 is 0.825 bits per heavy atom. The fraction of sp³-hybridized carbons (Fsp3) is 0.973. The molecule has 0 aliphatic carbocycles. The molecule has 0 amide bonds. The Morgan fingerprint density at radius 1 is 0.500 bits per heavy atom. The lowest BCUT2D eigenvalue weighted by atomic mass is 9.80. The van der Waals surface area contributed by atoms with Crippen LogP contribution in [0.4, 0.5) is 0 Å². The zero-order valence-corrected chi connectivity index (χ0v) is 28.6. The molecule has 240 valence electrons. The second kappa shape index (κ2) is 25.0. The van der Waals surface area contributed by atoms with Crippen LogP contribution in [0.15, 0.2) is 0 Å². The number of hydrogen-bond acceptors (Lipinski definition) is 2. The van der Waals surface area contributed by atoms with E-state index >= 15 is 0 Å². The molecule has 0 unspecified atom stereocenters. The number of aliphatic carboxylic acids is 1. The molecule has 0 fully saturated rings. The van der Waals surface area contributed by atoms with Crippen LogP contribution in [0.1, 0.15) is 184 Å². The summed E-state index contributed by atoms with van der Waals surface area (Å²) in [7, 11) is 0. The second-order valence-electron chi connectivity index (χ2n) is 14.8. The summed E-state index contributed by atoms with van der Waals surface area (Å²) in [6.07, 6.45) is 25.5. The van der Waals surface area contributed by atoms with Gasteiger partial charge in [-0.05, 0) is 80.5 Å². The Kier molecular flexibility index (Phi) is 24.6. The molecule has 0 aromatic rings. The van der Waals surface area contributed by atoms with E-state index in [2.05, 4.69) is 48.5 Å². The van der Waals surface area contributed by atoms with Crippen LogP contribution in [0, 0.1) is 41.4 Å². The summed E-state index contributed by atoms with van der Waals surface area (Å²) in [6.45, 7) is 18.1. The highest BCUT2D eigenvalue weighted by atomic mass is 16.4. The number of carbonyl (C=O) groups is 1. The van der Waals surface area contributed by atoms with Crippen molar-refractivity contribution in [1.29, 1.82) is 0 Å². The van der Waals surface area contributed by atoms with Crippen molar-refractivity contribution < 1.29 is 15.0 Å². The van der Waals surface area contributed by atoms with Crippen LogP contribution < -0.4 is 0 Å². The summed E-state index contributed by atoms with van der Waals surface area (Å²) in [4.78, 5) is 11.1. The maximum absolute atomic E-state index is 11.1. The topological polar surface area (TPSA) is 57.5 Å². The van der Waals surface area contributed by atoms with E-state index in [-0.39, 0.29) is 12.0 Å². The zero-order valence-electron chi connectivity index (χ0n) is 28.6. The molecule has 0 spiro atoms. The number of carboxylic acid groups (broad SMARTS) is 1. The Bertz CT molecular complexity index is 576. The fourth-order valence-corrected chi connectivity index (χ4v) is 7.38. The maximum atomic E-state index is 11.1. The largest absolute Gasteiger partial charge is 0.481 e. The van der Waals surface area contributed by atoms with Crippen LogP contribution >= 0.6 is 0 Å². The summed E-state index contributed by atoms with van der Waals surface area (Å²) in [5, 5.41) is 19.9. The highest BCUT2D eigenvalue weighted by Gasteiger charge is 2.21. The first-order valence-electron chi connectivity index (χ1n) is 17.9. The van der Waals surface area contributed by atoms with Crippen LogP contribution in [-0.2, 0) is 4.79 Å². The molecule has 3 heteroatoms. The number of aliphatic hydroxyl groups is 1. The van der Waals surface area contributed by atoms with Crippen molar-refractivity contribution in [1.82, 2.24) is 0 Å². The molecular formula is C37H74O3. The van der Waals surface area contributed by atoms with Crippen molar-refractivity contribution in [2.24, 2.45) is 41.4 Å². The molecule has 0 radical (unpaired) electrons. The molecule has 0 aliphatic rings. The van der Waals surface area contributed by atoms with E-state index in [0.717, 1.165) is 25.7 Å². The van der Waals surface area contributed by atoms with Gasteiger partial charge < -0.3 is 10.2 Å². The normalized spacial score (nSPS) is 18.0. The highest BCUT2D eigenvalue weighted by Crippen LogP contribution is 2.30. The van der Waals surface area contributed by atoms with E-state index < -0.39 is 5.97 Å². The highest BCUT2D eigenvalue weighted by molar-refractivity contribution is 5.69. The fourth-order valence-electron chi connectivity index (χ4n) is 7.38. The summed E-state index contributed by atoms with van der Waals surface area (Å²) in [5.41, 5.74) is 0. The number of unbranched alkanes of at least 4 members (excludes halogenated alkanes) is 12. The van der Waals surface area contributed by atoms with E-state index in [1.54, 1.807) is 0 Å². The smallest absolute Gasteiger partial charge is 0.306 e. The van der Waals surface area contributed by atoms with Gasteiger partial charge in [-0.2, -0.15) is 0 Å². The number of hydrogen-bond donors (Lipinski definition) is 2. The minimum atomic E-state index is -0.669. The number of rotatable bonds is 28. The summed E-state index contributed by atoms with van der Waals surface area (Å²) in [6, 6.07) is 0. The minimum absolute atomic E-state index is 0.143. The average molecular weight is 567 g/mol. The van der Waals surface area contributed by atoms with Gasteiger partial charge in [0.25, 0.3) is 0 Å². The molecule has 0 saturated heterocycles. The van der Waals surface area contributed by atoms with Gasteiger partial charge in [0.15, 0.2) is 0 Å². The Hall–Kier alpha value is -0.570. The minimum Gasteiger partial charge on any atom is -0.481 e. The van der Waals surface area contributed by atoms with Crippen molar-refractivity contribution in [3.05, 3.63) is 0 Å². The third-order valence-electron chi connectivity index (χ3n) is 9.43. The summed E-state index contributed by atoms with van der Waals surface area (Å²) < 4.78 is 0. The van der Waals surface area contributed by atoms with E-state index in [4.69, 9.17) is 5.11 Å². The predicted molar refractivity (Wildman–Crippen MR) is 176 cm³/mol. The Labute approximate surface area is 252 Å². The van der Waals surface area contributed by atoms with E-state index in [0.29, 0.717) is 35.5 Å². The Morgan fingerprint density at radius 3 is 1.20 bits per heavy atom. The van der Waals surface area contributed by atoms with Gasteiger partial charge in [0.1, 0.15) is 0 Å². The number of aliphatic hydroxyl groups excluding tert-OH is 1. The van der Waals surface area contributed by atoms with Crippen LogP contribution in [0.2, 0.25) is 0 Å². The molecule has 0 heterocycles. The van der Waals surface area contributed by atoms with Crippen LogP contribution in [0.25, 0.3) is 0 Å². The lowest BCUT2D eigenvalue weighted by molar-refractivity contribution is -0.141. The van der Waals surface area contributed by atoms with E-state index in [9.17, 15) is 9.90 Å². The molecule has 0 aromatic carbocycles. The Balaban J connectivity index is 3.92. The van der Waals surface area contributed by atoms with Crippen LogP contribution in [0.3, 0.4) is 0 Å². The standard InChI is InChI=1S/C37H74O3/c1-9-10-11-12-13-14-15-16-17-18-19-20-21-22-36(38)34(7)27-32(5)25-30(3)23-29(2)24-31(4)26-33(6)28-35(8)37(39)40/h29-36,38H,9-28H2,1-8H3,(H,39,40)/t29-,30+,31-,32+,33-,34+,35-,36+/m0/s1. The molecule has 3 nitrogen and oxygen atoms in total. The van der Waals surface area contributed by atoms with Gasteiger partial charge in [-0.3, -0.25) is 4.79 Å². The van der Waals surface area contributed by atoms with Gasteiger partial charge in [0.05, 0.1) is 12.0 Å². The molecular weight excluding hydrogens is 492 g/mol. The molecule has 0 bridgehead atoms. The van der Waals surface area contributed by atoms with Crippen molar-refractivity contribution >= 4 is 5.97 Å². The van der Waals surface area contributed by atoms with Crippen molar-refractivity contribution in [2.75, 3.05) is 0 Å². The van der Waals surface area contributed by atoms with Crippen molar-refractivity contribution in [2.45, 2.75) is 190 Å². The van der Waals surface area contributed by atoms with Gasteiger partial charge in [0, 0.05) is 0 Å². The SMILES string of the molecule is CCCCCCCCCCCCCCC[C@@H](O)[C@H](C)C[C@H](C)C[C@H](C)C[C@H](C)C[C@H](C)C[C@H](C)C[C@H](C)C(=O)O. The molecule has 0 aliphatic heterocycles. The quantitative estimate of drug-likeness (QED) is 0.0926. The monoisotopic (exact) mass is 567 g/mol. The van der Waals surface area contributed by atoms with Gasteiger partial charge in [-0.15, -0.1) is 0 Å². The van der Waals surface area contributed by atoms with Crippen LogP contribution in [0.5, 0.6) is 0 Å². The third-order valence-corrected chi connectivity index (χ3v) is 9.43. The van der Waals surface area contributed by atoms with E-state index in [1.807, 2.05) is 6.92 Å². The number of carboxylic acids is 1. The zero-order chi connectivity index (χ0) is 30.3. The lowest BCUT2D eigenvalue weighted by Crippen LogP contribution is -2.21. The van der Waals surface area contributed by atoms with Gasteiger partial charge in [0.2, 0.25) is 0 Å². The molecule has 0 aromatic heterocycles. The van der Waals surface area contributed by atoms with Crippen molar-refractivity contribution in [3.8, 4) is 0 Å². The second-order valence-corrected chi connectivity index (χ2v) is 14.8. The first kappa shape index (κ1) is 39.4. The molecule has 0 saturated carbocycles. The summed E-state index contributed by atoms with van der Waals surface area (Å²) >= 11 is 0. The molecule has 8 atom stereocenters. The molecule has 2 N–H and O–H groups in total. The average Bonchev–Trinajstić information content (AvgIpc) is 2.85. The van der Waals surface area contributed by atoms with Crippen molar-refractivity contribution in [3.63, 3.8) is 0 Å². The predicted octanol–water partition coefficient (Wildman–Crippen LogP) is 11.7. The first-order valence-corrected chi connectivity index (χ1v) is 17.9. The summed E-state index contributed by atoms with van der Waals surface area (Å²) in [5.74, 6) is 2.69. The lowest BCUT2D eigenvalue weighted by Gasteiger charge is -2.26. The van der Waals surface area contributed by atoms with Crippen LogP contribution in [-0.4, -0.2) is 22.3 Å². The van der Waals surface area contributed by atoms with Gasteiger partial charge >= 0.3 is 5.97 Å². The van der Waals surface area contributed by atoms with E-state index in [1.165, 1.54) is 103 Å². The van der Waals surface area contributed by atoms with Gasteiger partial charge in [-0.1, -0.05) is 139 Å². The molecule has 0 rings (SSSR count). The van der Waals surface area contributed by atoms with Gasteiger partial charge in [-0.25, -0.2) is 0 Å². The maximum Gasteiger partial charge on any atom is 0.306 e.